The van der Waals surface area contributed by atoms with Gasteiger partial charge in [0.1, 0.15) is 0 Å². The summed E-state index contributed by atoms with van der Waals surface area (Å²) in [6.07, 6.45) is 1.75. The van der Waals surface area contributed by atoms with E-state index in [2.05, 4.69) is 32.2 Å². The third kappa shape index (κ3) is 3.14. The van der Waals surface area contributed by atoms with Crippen LogP contribution in [-0.2, 0) is 6.42 Å². The maximum Gasteiger partial charge on any atom is 0.259 e. The lowest BCUT2D eigenvalue weighted by Gasteiger charge is -2.26. The van der Waals surface area contributed by atoms with E-state index in [1.54, 1.807) is 30.1 Å². The molecule has 1 unspecified atom stereocenters. The van der Waals surface area contributed by atoms with Crippen LogP contribution in [0.2, 0.25) is 0 Å². The van der Waals surface area contributed by atoms with Gasteiger partial charge in [0.15, 0.2) is 0 Å². The molecule has 0 aliphatic carbocycles. The third-order valence-electron chi connectivity index (χ3n) is 5.31. The number of amides is 3. The number of rotatable bonds is 5. The molecule has 1 heterocycles. The van der Waals surface area contributed by atoms with E-state index in [0.717, 1.165) is 29.7 Å². The molecule has 5 heteroatoms. The molecule has 27 heavy (non-hydrogen) atoms. The molecule has 0 aromatic heterocycles. The molecule has 1 atom stereocenters. The van der Waals surface area contributed by atoms with Gasteiger partial charge >= 0.3 is 0 Å². The predicted octanol–water partition coefficient (Wildman–Crippen LogP) is 3.92. The van der Waals surface area contributed by atoms with Gasteiger partial charge in [-0.25, -0.2) is 0 Å². The second-order valence-electron chi connectivity index (χ2n) is 6.89. The van der Waals surface area contributed by atoms with Crippen LogP contribution in [0.3, 0.4) is 0 Å². The normalized spacial score (nSPS) is 13.9. The van der Waals surface area contributed by atoms with Crippen molar-refractivity contribution >= 4 is 23.4 Å². The summed E-state index contributed by atoms with van der Waals surface area (Å²) in [5, 5.41) is 2.27. The topological polar surface area (TPSA) is 66.5 Å². The number of nitrogens with one attached hydrogen (secondary N) is 1. The first-order chi connectivity index (χ1) is 12.9. The third-order valence-corrected chi connectivity index (χ3v) is 5.31. The Hall–Kier alpha value is -2.95. The highest BCUT2D eigenvalue weighted by atomic mass is 16.2. The Morgan fingerprint density at radius 3 is 2.44 bits per heavy atom. The molecule has 0 radical (unpaired) electrons. The van der Waals surface area contributed by atoms with Gasteiger partial charge in [-0.3, -0.25) is 19.7 Å². The molecular formula is C22H24N2O3. The average Bonchev–Trinajstić information content (AvgIpc) is 2.99. The van der Waals surface area contributed by atoms with Crippen LogP contribution in [0.25, 0.3) is 0 Å². The lowest BCUT2D eigenvalue weighted by molar-refractivity contribution is 0.0874. The number of carbonyl (C=O) groups excluding carboxylic acids is 3. The fourth-order valence-electron chi connectivity index (χ4n) is 3.60. The quantitative estimate of drug-likeness (QED) is 0.818. The van der Waals surface area contributed by atoms with E-state index in [1.165, 1.54) is 0 Å². The fourth-order valence-corrected chi connectivity index (χ4v) is 3.60. The van der Waals surface area contributed by atoms with Gasteiger partial charge in [-0.1, -0.05) is 45.0 Å². The Balaban J connectivity index is 2.11. The molecular weight excluding hydrogens is 340 g/mol. The molecule has 2 aromatic rings. The van der Waals surface area contributed by atoms with Gasteiger partial charge in [0.2, 0.25) is 0 Å². The Morgan fingerprint density at radius 2 is 1.78 bits per heavy atom. The number of para-hydroxylation sites is 1. The highest BCUT2D eigenvalue weighted by Gasteiger charge is 2.33. The number of hydrogen-bond acceptors (Lipinski definition) is 3. The summed E-state index contributed by atoms with van der Waals surface area (Å²) >= 11 is 0. The summed E-state index contributed by atoms with van der Waals surface area (Å²) in [6, 6.07) is 10.9. The van der Waals surface area contributed by atoms with E-state index in [0.29, 0.717) is 5.92 Å². The minimum absolute atomic E-state index is 0.165. The second-order valence-corrected chi connectivity index (χ2v) is 6.89. The van der Waals surface area contributed by atoms with Crippen LogP contribution in [0, 0.1) is 0 Å². The number of aryl methyl sites for hydroxylation is 1. The predicted molar refractivity (Wildman–Crippen MR) is 105 cm³/mol. The molecule has 0 saturated carbocycles. The van der Waals surface area contributed by atoms with Crippen molar-refractivity contribution in [1.82, 2.24) is 5.32 Å². The molecule has 2 aromatic carbocycles. The second kappa shape index (κ2) is 7.35. The van der Waals surface area contributed by atoms with E-state index in [9.17, 15) is 14.4 Å². The molecule has 3 amide bonds. The zero-order chi connectivity index (χ0) is 19.7. The zero-order valence-corrected chi connectivity index (χ0v) is 16.1. The number of fused-ring (bicyclic) bond motifs is 1. The molecule has 0 saturated heterocycles. The summed E-state index contributed by atoms with van der Waals surface area (Å²) in [6.45, 7) is 6.32. The minimum atomic E-state index is -0.515. The SMILES string of the molecule is CCc1cccc(C(C)CC)c1N(C)C(=O)c1cccc2c1C(=O)NC2=O. The van der Waals surface area contributed by atoms with Crippen molar-refractivity contribution in [3.63, 3.8) is 0 Å². The number of imide groups is 1. The maximum atomic E-state index is 13.3. The van der Waals surface area contributed by atoms with Crippen LogP contribution >= 0.6 is 0 Å². The maximum absolute atomic E-state index is 13.3. The molecule has 1 aliphatic heterocycles. The molecule has 3 rings (SSSR count). The number of carbonyl (C=O) groups is 3. The number of benzene rings is 2. The van der Waals surface area contributed by atoms with Gasteiger partial charge in [0.05, 0.1) is 22.4 Å². The van der Waals surface area contributed by atoms with Gasteiger partial charge in [-0.05, 0) is 42.0 Å². The fraction of sp³-hybridized carbons (Fsp3) is 0.318. The smallest absolute Gasteiger partial charge is 0.259 e. The van der Waals surface area contributed by atoms with Crippen LogP contribution in [0.1, 0.15) is 75.3 Å². The van der Waals surface area contributed by atoms with Gasteiger partial charge in [-0.2, -0.15) is 0 Å². The first-order valence-corrected chi connectivity index (χ1v) is 9.29. The summed E-state index contributed by atoms with van der Waals surface area (Å²) in [4.78, 5) is 39.1. The molecule has 0 fully saturated rings. The highest BCUT2D eigenvalue weighted by molar-refractivity contribution is 6.26. The summed E-state index contributed by atoms with van der Waals surface area (Å²) in [7, 11) is 1.73. The van der Waals surface area contributed by atoms with E-state index in [-0.39, 0.29) is 22.6 Å². The summed E-state index contributed by atoms with van der Waals surface area (Å²) < 4.78 is 0. The van der Waals surface area contributed by atoms with Crippen molar-refractivity contribution in [3.8, 4) is 0 Å². The first-order valence-electron chi connectivity index (χ1n) is 9.29. The molecule has 1 N–H and O–H groups in total. The van der Waals surface area contributed by atoms with Gasteiger partial charge in [0.25, 0.3) is 17.7 Å². The van der Waals surface area contributed by atoms with Crippen molar-refractivity contribution in [2.24, 2.45) is 0 Å². The van der Waals surface area contributed by atoms with Crippen molar-refractivity contribution in [2.75, 3.05) is 11.9 Å². The Labute approximate surface area is 159 Å². The number of hydrogen-bond donors (Lipinski definition) is 1. The summed E-state index contributed by atoms with van der Waals surface area (Å²) in [5.41, 5.74) is 3.75. The lowest BCUT2D eigenvalue weighted by atomic mass is 9.92. The Kier molecular flexibility index (Phi) is 5.13. The average molecular weight is 364 g/mol. The standard InChI is InChI=1S/C22H24N2O3/c1-5-13(3)15-10-7-9-14(6-2)19(15)24(4)22(27)17-12-8-11-16-18(17)21(26)23-20(16)25/h7-13H,5-6H2,1-4H3,(H,23,25,26). The van der Waals surface area contributed by atoms with Crippen LogP contribution < -0.4 is 10.2 Å². The number of anilines is 1. The largest absolute Gasteiger partial charge is 0.311 e. The van der Waals surface area contributed by atoms with Gasteiger partial charge in [0, 0.05) is 7.05 Å². The molecule has 1 aliphatic rings. The highest BCUT2D eigenvalue weighted by Crippen LogP contribution is 2.34. The van der Waals surface area contributed by atoms with Crippen molar-refractivity contribution < 1.29 is 14.4 Å². The van der Waals surface area contributed by atoms with Crippen molar-refractivity contribution in [3.05, 3.63) is 64.2 Å². The van der Waals surface area contributed by atoms with Crippen LogP contribution in [0.15, 0.2) is 36.4 Å². The molecule has 0 bridgehead atoms. The van der Waals surface area contributed by atoms with Crippen molar-refractivity contribution in [2.45, 2.75) is 39.5 Å². The monoisotopic (exact) mass is 364 g/mol. The molecule has 5 nitrogen and oxygen atoms in total. The zero-order valence-electron chi connectivity index (χ0n) is 16.1. The number of nitrogens with zero attached hydrogens (tertiary/aromatic N) is 1. The Bertz CT molecular complexity index is 933. The van der Waals surface area contributed by atoms with Crippen LogP contribution in [-0.4, -0.2) is 24.8 Å². The minimum Gasteiger partial charge on any atom is -0.311 e. The van der Waals surface area contributed by atoms with E-state index >= 15 is 0 Å². The van der Waals surface area contributed by atoms with Gasteiger partial charge in [-0.15, -0.1) is 0 Å². The van der Waals surface area contributed by atoms with Crippen molar-refractivity contribution in [1.29, 1.82) is 0 Å². The van der Waals surface area contributed by atoms with E-state index < -0.39 is 11.8 Å². The van der Waals surface area contributed by atoms with Crippen LogP contribution in [0.4, 0.5) is 5.69 Å². The lowest BCUT2D eigenvalue weighted by Crippen LogP contribution is -2.30. The first kappa shape index (κ1) is 18.8. The molecule has 140 valence electrons. The summed E-state index contributed by atoms with van der Waals surface area (Å²) in [5.74, 6) is -0.963. The van der Waals surface area contributed by atoms with E-state index in [1.807, 2.05) is 12.1 Å². The Morgan fingerprint density at radius 1 is 1.07 bits per heavy atom. The molecule has 0 spiro atoms. The van der Waals surface area contributed by atoms with Gasteiger partial charge < -0.3 is 4.90 Å². The van der Waals surface area contributed by atoms with Crippen LogP contribution in [0.5, 0.6) is 0 Å². The van der Waals surface area contributed by atoms with E-state index in [4.69, 9.17) is 0 Å².